The van der Waals surface area contributed by atoms with Crippen LogP contribution in [-0.2, 0) is 6.18 Å². The van der Waals surface area contributed by atoms with Crippen LogP contribution in [0.3, 0.4) is 0 Å². The monoisotopic (exact) mass is 339 g/mol. The van der Waals surface area contributed by atoms with Crippen LogP contribution in [-0.4, -0.2) is 14.8 Å². The molecule has 0 aliphatic rings. The Morgan fingerprint density at radius 1 is 1.21 bits per heavy atom. The zero-order valence-corrected chi connectivity index (χ0v) is 10.6. The van der Waals surface area contributed by atoms with Crippen LogP contribution in [0.15, 0.2) is 16.6 Å². The fourth-order valence-corrected chi connectivity index (χ4v) is 1.89. The first-order valence-electron chi connectivity index (χ1n) is 4.74. The predicted octanol–water partition coefficient (Wildman–Crippen LogP) is 2.35. The highest BCUT2D eigenvalue weighted by Gasteiger charge is 2.35. The Morgan fingerprint density at radius 3 is 2.32 bits per heavy atom. The maximum atomic E-state index is 13.5. The molecule has 5 nitrogen and oxygen atoms in total. The average Bonchev–Trinajstić information content (AvgIpc) is 2.60. The number of anilines is 2. The molecule has 1 heterocycles. The lowest BCUT2D eigenvalue weighted by molar-refractivity contribution is -0.138. The van der Waals surface area contributed by atoms with Crippen LogP contribution >= 0.6 is 15.9 Å². The Morgan fingerprint density at radius 2 is 1.84 bits per heavy atom. The molecule has 4 N–H and O–H groups in total. The van der Waals surface area contributed by atoms with Crippen molar-refractivity contribution >= 4 is 27.8 Å². The van der Waals surface area contributed by atoms with E-state index in [2.05, 4.69) is 26.0 Å². The van der Waals surface area contributed by atoms with Crippen LogP contribution < -0.4 is 11.5 Å². The second-order valence-electron chi connectivity index (χ2n) is 3.53. The normalized spacial score (nSPS) is 11.8. The summed E-state index contributed by atoms with van der Waals surface area (Å²) in [6, 6.07) is 1.53. The molecule has 0 radical (unpaired) electrons. The molecule has 0 saturated carbocycles. The molecule has 19 heavy (non-hydrogen) atoms. The highest BCUT2D eigenvalue weighted by molar-refractivity contribution is 9.10. The molecule has 2 aromatic rings. The lowest BCUT2D eigenvalue weighted by atomic mass is 10.2. The summed E-state index contributed by atoms with van der Waals surface area (Å²) in [7, 11) is 0. The number of nitrogens with two attached hydrogens (primary N) is 2. The Hall–Kier alpha value is -1.84. The van der Waals surface area contributed by atoms with Gasteiger partial charge in [0.25, 0.3) is 0 Å². The van der Waals surface area contributed by atoms with Gasteiger partial charge in [0.05, 0.1) is 15.7 Å². The van der Waals surface area contributed by atoms with Gasteiger partial charge in [-0.15, -0.1) is 5.10 Å². The van der Waals surface area contributed by atoms with E-state index in [0.29, 0.717) is 6.07 Å². The number of halogens is 5. The minimum absolute atomic E-state index is 0.227. The quantitative estimate of drug-likeness (QED) is 0.781. The van der Waals surface area contributed by atoms with Gasteiger partial charge in [-0.1, -0.05) is 0 Å². The van der Waals surface area contributed by atoms with Crippen LogP contribution in [0, 0.1) is 5.82 Å². The Labute approximate surface area is 112 Å². The van der Waals surface area contributed by atoms with Gasteiger partial charge in [0.15, 0.2) is 0 Å². The molecule has 1 aromatic heterocycles. The van der Waals surface area contributed by atoms with Gasteiger partial charge in [0, 0.05) is 6.07 Å². The second-order valence-corrected chi connectivity index (χ2v) is 4.32. The van der Waals surface area contributed by atoms with E-state index >= 15 is 0 Å². The van der Waals surface area contributed by atoms with Crippen molar-refractivity contribution in [2.45, 2.75) is 6.18 Å². The van der Waals surface area contributed by atoms with E-state index in [0.717, 1.165) is 10.7 Å². The van der Waals surface area contributed by atoms with Crippen LogP contribution in [0.5, 0.6) is 0 Å². The summed E-state index contributed by atoms with van der Waals surface area (Å²) in [6.07, 6.45) is -4.73. The van der Waals surface area contributed by atoms with Gasteiger partial charge in [-0.3, -0.25) is 0 Å². The van der Waals surface area contributed by atoms with E-state index in [1.54, 1.807) is 0 Å². The van der Waals surface area contributed by atoms with Crippen molar-refractivity contribution < 1.29 is 17.6 Å². The van der Waals surface area contributed by atoms with Gasteiger partial charge in [-0.25, -0.2) is 4.39 Å². The fourth-order valence-electron chi connectivity index (χ4n) is 1.43. The zero-order chi connectivity index (χ0) is 14.4. The van der Waals surface area contributed by atoms with Crippen LogP contribution in [0.25, 0.3) is 5.69 Å². The third kappa shape index (κ3) is 2.48. The molecule has 102 valence electrons. The Kier molecular flexibility index (Phi) is 3.12. The van der Waals surface area contributed by atoms with Gasteiger partial charge < -0.3 is 11.5 Å². The first-order chi connectivity index (χ1) is 8.70. The number of alkyl halides is 3. The van der Waals surface area contributed by atoms with E-state index in [-0.39, 0.29) is 17.6 Å². The second kappa shape index (κ2) is 4.37. The SMILES string of the molecule is Nc1nc(N)n(-c2cc(F)c(Br)c(C(F)(F)F)c2)n1. The van der Waals surface area contributed by atoms with Crippen molar-refractivity contribution in [2.75, 3.05) is 11.5 Å². The van der Waals surface area contributed by atoms with E-state index in [4.69, 9.17) is 11.5 Å². The van der Waals surface area contributed by atoms with E-state index in [1.807, 2.05) is 0 Å². The first kappa shape index (κ1) is 13.6. The number of nitrogens with zero attached hydrogens (tertiary/aromatic N) is 3. The number of hydrogen-bond acceptors (Lipinski definition) is 4. The average molecular weight is 340 g/mol. The standard InChI is InChI=1S/C9H6BrF4N5/c10-6-4(9(12,13)14)1-3(2-5(6)11)19-8(16)17-7(15)18-19/h1-2H,(H4,15,16,17,18). The van der Waals surface area contributed by atoms with Crippen molar-refractivity contribution in [3.63, 3.8) is 0 Å². The minimum Gasteiger partial charge on any atom is -0.368 e. The molecule has 0 spiro atoms. The number of nitrogen functional groups attached to an aromatic ring is 2. The van der Waals surface area contributed by atoms with Crippen molar-refractivity contribution in [3.8, 4) is 5.69 Å². The molecule has 0 aliphatic heterocycles. The highest BCUT2D eigenvalue weighted by Crippen LogP contribution is 2.37. The smallest absolute Gasteiger partial charge is 0.368 e. The molecule has 0 unspecified atom stereocenters. The maximum absolute atomic E-state index is 13.5. The number of rotatable bonds is 1. The van der Waals surface area contributed by atoms with E-state index in [1.165, 1.54) is 0 Å². The lowest BCUT2D eigenvalue weighted by Gasteiger charge is -2.12. The molecule has 0 saturated heterocycles. The lowest BCUT2D eigenvalue weighted by Crippen LogP contribution is -2.10. The molecular formula is C9H6BrF4N5. The van der Waals surface area contributed by atoms with Crippen molar-refractivity contribution in [1.82, 2.24) is 14.8 Å². The predicted molar refractivity (Wildman–Crippen MR) is 62.8 cm³/mol. The molecule has 0 aliphatic carbocycles. The molecule has 0 bridgehead atoms. The summed E-state index contributed by atoms with van der Waals surface area (Å²) in [4.78, 5) is 3.52. The number of hydrogen-bond donors (Lipinski definition) is 2. The molecule has 0 fully saturated rings. The Bertz CT molecular complexity index is 636. The maximum Gasteiger partial charge on any atom is 0.417 e. The van der Waals surface area contributed by atoms with E-state index < -0.39 is 22.0 Å². The van der Waals surface area contributed by atoms with Crippen molar-refractivity contribution in [3.05, 3.63) is 28.0 Å². The molecule has 2 rings (SSSR count). The summed E-state index contributed by atoms with van der Waals surface area (Å²) in [5.74, 6) is -1.57. The van der Waals surface area contributed by atoms with Gasteiger partial charge in [0.1, 0.15) is 5.82 Å². The fraction of sp³-hybridized carbons (Fsp3) is 0.111. The summed E-state index contributed by atoms with van der Waals surface area (Å²) in [6.45, 7) is 0. The van der Waals surface area contributed by atoms with Crippen molar-refractivity contribution in [2.24, 2.45) is 0 Å². The van der Waals surface area contributed by atoms with Gasteiger partial charge in [0.2, 0.25) is 11.9 Å². The third-order valence-corrected chi connectivity index (χ3v) is 3.02. The molecular weight excluding hydrogens is 334 g/mol. The first-order valence-corrected chi connectivity index (χ1v) is 5.54. The van der Waals surface area contributed by atoms with Crippen LogP contribution in [0.4, 0.5) is 29.5 Å². The minimum atomic E-state index is -4.73. The Balaban J connectivity index is 2.67. The zero-order valence-electron chi connectivity index (χ0n) is 9.04. The largest absolute Gasteiger partial charge is 0.417 e. The molecule has 1 aromatic carbocycles. The van der Waals surface area contributed by atoms with Crippen LogP contribution in [0.2, 0.25) is 0 Å². The summed E-state index contributed by atoms with van der Waals surface area (Å²) >= 11 is 2.55. The summed E-state index contributed by atoms with van der Waals surface area (Å²) in [5.41, 5.74) is 9.26. The summed E-state index contributed by atoms with van der Waals surface area (Å²) in [5, 5.41) is 3.58. The van der Waals surface area contributed by atoms with Gasteiger partial charge in [-0.05, 0) is 22.0 Å². The third-order valence-electron chi connectivity index (χ3n) is 2.21. The molecule has 0 amide bonds. The number of aromatic nitrogens is 3. The van der Waals surface area contributed by atoms with Gasteiger partial charge in [-0.2, -0.15) is 22.8 Å². The molecule has 10 heteroatoms. The highest BCUT2D eigenvalue weighted by atomic mass is 79.9. The van der Waals surface area contributed by atoms with Crippen molar-refractivity contribution in [1.29, 1.82) is 0 Å². The van der Waals surface area contributed by atoms with Gasteiger partial charge >= 0.3 is 6.18 Å². The van der Waals surface area contributed by atoms with Crippen LogP contribution in [0.1, 0.15) is 5.56 Å². The number of benzene rings is 1. The topological polar surface area (TPSA) is 82.7 Å². The molecule has 0 atom stereocenters. The summed E-state index contributed by atoms with van der Waals surface area (Å²) < 4.78 is 51.8. The van der Waals surface area contributed by atoms with E-state index in [9.17, 15) is 17.6 Å².